The normalized spacial score (nSPS) is 16.4. The summed E-state index contributed by atoms with van der Waals surface area (Å²) in [5, 5.41) is 11.5. The largest absolute Gasteiger partial charge is 0.496 e. The topological polar surface area (TPSA) is 111 Å². The number of aryl methyl sites for hydroxylation is 1. The van der Waals surface area contributed by atoms with Crippen LogP contribution in [-0.2, 0) is 28.9 Å². The van der Waals surface area contributed by atoms with Crippen molar-refractivity contribution in [3.05, 3.63) is 52.8 Å². The maximum Gasteiger partial charge on any atom is 0.260 e. The molecule has 4 heterocycles. The number of pyridine rings is 1. The van der Waals surface area contributed by atoms with E-state index in [0.29, 0.717) is 67.2 Å². The Morgan fingerprint density at radius 3 is 2.81 bits per heavy atom. The van der Waals surface area contributed by atoms with Crippen LogP contribution in [-0.4, -0.2) is 63.8 Å². The lowest BCUT2D eigenvalue weighted by molar-refractivity contribution is -0.133. The number of fused-ring (bicyclic) bond motifs is 2. The van der Waals surface area contributed by atoms with Crippen LogP contribution in [0.15, 0.2) is 30.3 Å². The Morgan fingerprint density at radius 2 is 2.00 bits per heavy atom. The Morgan fingerprint density at radius 1 is 1.14 bits per heavy atom. The smallest absolute Gasteiger partial charge is 0.260 e. The van der Waals surface area contributed by atoms with Crippen LogP contribution in [0, 0.1) is 0 Å². The van der Waals surface area contributed by atoms with Gasteiger partial charge >= 0.3 is 0 Å². The van der Waals surface area contributed by atoms with Crippen molar-refractivity contribution in [1.29, 1.82) is 0 Å². The lowest BCUT2D eigenvalue weighted by Gasteiger charge is -2.29. The zero-order valence-electron chi connectivity index (χ0n) is 20.8. The van der Waals surface area contributed by atoms with Gasteiger partial charge in [0, 0.05) is 32.7 Å². The second-order valence-corrected chi connectivity index (χ2v) is 9.19. The molecule has 1 aromatic carbocycles. The van der Waals surface area contributed by atoms with Crippen LogP contribution in [0.5, 0.6) is 5.75 Å². The number of ether oxygens (including phenoxy) is 2. The minimum absolute atomic E-state index is 0.0413. The molecule has 0 saturated heterocycles. The zero-order valence-corrected chi connectivity index (χ0v) is 20.8. The number of aromatic nitrogens is 4. The minimum Gasteiger partial charge on any atom is -0.496 e. The Kier molecular flexibility index (Phi) is 6.69. The predicted molar refractivity (Wildman–Crippen MR) is 133 cm³/mol. The maximum absolute atomic E-state index is 13.3. The summed E-state index contributed by atoms with van der Waals surface area (Å²) in [6.45, 7) is 3.61. The molecule has 10 nitrogen and oxygen atoms in total. The average Bonchev–Trinajstić information content (AvgIpc) is 3.49. The summed E-state index contributed by atoms with van der Waals surface area (Å²) in [6.07, 6.45) is 2.97. The molecule has 2 aliphatic heterocycles. The molecule has 1 atom stereocenters. The Labute approximate surface area is 209 Å². The van der Waals surface area contributed by atoms with Gasteiger partial charge in [0.05, 0.1) is 25.7 Å². The summed E-state index contributed by atoms with van der Waals surface area (Å²) in [6, 6.07) is 9.47. The summed E-state index contributed by atoms with van der Waals surface area (Å²) in [7, 11) is 3.13. The molecule has 2 aromatic heterocycles. The average molecular weight is 491 g/mol. The quantitative estimate of drug-likeness (QED) is 0.542. The highest BCUT2D eigenvalue weighted by molar-refractivity contribution is 6.06. The molecule has 2 aliphatic rings. The number of hydrogen-bond acceptors (Lipinski definition) is 7. The number of nitrogens with one attached hydrogen (secondary N) is 1. The second kappa shape index (κ2) is 10.1. The van der Waals surface area contributed by atoms with Gasteiger partial charge in [0.1, 0.15) is 23.1 Å². The lowest BCUT2D eigenvalue weighted by Crippen LogP contribution is -2.36. The van der Waals surface area contributed by atoms with E-state index in [9.17, 15) is 9.59 Å². The van der Waals surface area contributed by atoms with E-state index in [1.54, 1.807) is 25.2 Å². The van der Waals surface area contributed by atoms with E-state index in [1.807, 2.05) is 24.3 Å². The van der Waals surface area contributed by atoms with Gasteiger partial charge in [-0.15, -0.1) is 10.2 Å². The molecule has 36 heavy (non-hydrogen) atoms. The van der Waals surface area contributed by atoms with Crippen LogP contribution in [0.25, 0.3) is 11.5 Å². The summed E-state index contributed by atoms with van der Waals surface area (Å²) < 4.78 is 12.7. The highest BCUT2D eigenvalue weighted by atomic mass is 16.5. The monoisotopic (exact) mass is 490 g/mol. The first kappa shape index (κ1) is 23.9. The van der Waals surface area contributed by atoms with Gasteiger partial charge in [0.2, 0.25) is 5.91 Å². The van der Waals surface area contributed by atoms with Crippen LogP contribution in [0.4, 0.5) is 5.82 Å². The highest BCUT2D eigenvalue weighted by Gasteiger charge is 2.26. The number of rotatable bonds is 7. The fraction of sp³-hybridized carbons (Fsp3) is 0.423. The van der Waals surface area contributed by atoms with Crippen LogP contribution >= 0.6 is 0 Å². The van der Waals surface area contributed by atoms with Crippen molar-refractivity contribution in [2.45, 2.75) is 45.2 Å². The first-order valence-corrected chi connectivity index (χ1v) is 12.2. The van der Waals surface area contributed by atoms with Crippen molar-refractivity contribution in [3.8, 4) is 17.3 Å². The fourth-order valence-corrected chi connectivity index (χ4v) is 4.90. The van der Waals surface area contributed by atoms with E-state index in [2.05, 4.69) is 32.0 Å². The van der Waals surface area contributed by atoms with E-state index in [1.165, 1.54) is 0 Å². The molecule has 0 fully saturated rings. The zero-order chi connectivity index (χ0) is 25.2. The fourth-order valence-electron chi connectivity index (χ4n) is 4.90. The van der Waals surface area contributed by atoms with Crippen molar-refractivity contribution in [2.75, 3.05) is 32.7 Å². The molecule has 0 spiro atoms. The number of carbonyl (C=O) groups is 2. The molecule has 5 rings (SSSR count). The highest BCUT2D eigenvalue weighted by Crippen LogP contribution is 2.31. The summed E-state index contributed by atoms with van der Waals surface area (Å²) in [4.78, 5) is 32.2. The molecular formula is C26H30N6O4. The van der Waals surface area contributed by atoms with Crippen LogP contribution < -0.4 is 10.1 Å². The van der Waals surface area contributed by atoms with Gasteiger partial charge < -0.3 is 24.3 Å². The summed E-state index contributed by atoms with van der Waals surface area (Å²) in [5.41, 5.74) is 3.07. The van der Waals surface area contributed by atoms with Gasteiger partial charge in [0.25, 0.3) is 5.91 Å². The van der Waals surface area contributed by atoms with Crippen molar-refractivity contribution in [2.24, 2.45) is 0 Å². The lowest BCUT2D eigenvalue weighted by atomic mass is 9.96. The van der Waals surface area contributed by atoms with Crippen molar-refractivity contribution in [1.82, 2.24) is 24.6 Å². The van der Waals surface area contributed by atoms with E-state index >= 15 is 0 Å². The molecule has 0 saturated carbocycles. The number of benzene rings is 1. The van der Waals surface area contributed by atoms with Gasteiger partial charge in [-0.1, -0.05) is 6.07 Å². The molecular weight excluding hydrogens is 460 g/mol. The number of carbonyl (C=O) groups excluding carboxylic acids is 2. The van der Waals surface area contributed by atoms with Gasteiger partial charge in [-0.2, -0.15) is 0 Å². The van der Waals surface area contributed by atoms with Gasteiger partial charge in [-0.05, 0) is 55.2 Å². The third-order valence-corrected chi connectivity index (χ3v) is 6.86. The molecule has 10 heteroatoms. The third-order valence-electron chi connectivity index (χ3n) is 6.86. The van der Waals surface area contributed by atoms with Crippen LogP contribution in [0.1, 0.15) is 53.1 Å². The Hall–Kier alpha value is -3.79. The van der Waals surface area contributed by atoms with Gasteiger partial charge in [-0.25, -0.2) is 4.98 Å². The number of nitrogens with zero attached hydrogens (tertiary/aromatic N) is 5. The standard InChI is InChI=1S/C26H30N6O4/c1-16-7-8-23-29-30-25(32(16)23)20-5-4-6-22(27-20)28-26(34)19-13-18-15-31(24(33)10-12-35-2)11-9-17(18)14-21(19)36-3/h4-6,13-14,16H,7-12,15H2,1-3H3,(H,27,28,34)/t16-/m0/s1. The molecule has 1 N–H and O–H groups in total. The van der Waals surface area contributed by atoms with Crippen molar-refractivity contribution in [3.63, 3.8) is 0 Å². The maximum atomic E-state index is 13.3. The van der Waals surface area contributed by atoms with E-state index in [-0.39, 0.29) is 11.8 Å². The first-order chi connectivity index (χ1) is 17.5. The van der Waals surface area contributed by atoms with Crippen LogP contribution in [0.2, 0.25) is 0 Å². The summed E-state index contributed by atoms with van der Waals surface area (Å²) >= 11 is 0. The molecule has 2 amide bonds. The van der Waals surface area contributed by atoms with Gasteiger partial charge in [0.15, 0.2) is 5.82 Å². The number of hydrogen-bond donors (Lipinski definition) is 1. The third kappa shape index (κ3) is 4.56. The predicted octanol–water partition coefficient (Wildman–Crippen LogP) is 3.03. The number of amides is 2. The van der Waals surface area contributed by atoms with E-state index in [0.717, 1.165) is 29.8 Å². The number of anilines is 1. The molecule has 0 bridgehead atoms. The SMILES string of the molecule is COCCC(=O)N1CCc2cc(OC)c(C(=O)Nc3cccc(-c4nnc5n4[C@@H](C)CC5)n3)cc2C1. The van der Waals surface area contributed by atoms with E-state index in [4.69, 9.17) is 9.47 Å². The van der Waals surface area contributed by atoms with E-state index < -0.39 is 0 Å². The minimum atomic E-state index is -0.332. The van der Waals surface area contributed by atoms with Crippen molar-refractivity contribution < 1.29 is 19.1 Å². The molecule has 3 aromatic rings. The molecule has 0 radical (unpaired) electrons. The molecule has 0 unspecified atom stereocenters. The first-order valence-electron chi connectivity index (χ1n) is 12.2. The number of methoxy groups -OCH3 is 2. The van der Waals surface area contributed by atoms with Crippen molar-refractivity contribution >= 4 is 17.6 Å². The van der Waals surface area contributed by atoms with Crippen LogP contribution in [0.3, 0.4) is 0 Å². The molecule has 0 aliphatic carbocycles. The summed E-state index contributed by atoms with van der Waals surface area (Å²) in [5.74, 6) is 2.28. The van der Waals surface area contributed by atoms with Gasteiger partial charge in [-0.3, -0.25) is 9.59 Å². The molecule has 188 valence electrons. The second-order valence-electron chi connectivity index (χ2n) is 9.19. The Balaban J connectivity index is 1.37. The Bertz CT molecular complexity index is 1300.